The maximum Gasteiger partial charge on any atom is 0.308 e. The maximum atomic E-state index is 12.0. The van der Waals surface area contributed by atoms with E-state index < -0.39 is 17.8 Å². The number of aliphatic carboxylic acids is 1. The van der Waals surface area contributed by atoms with E-state index in [1.807, 2.05) is 31.2 Å². The molecule has 0 spiro atoms. The predicted molar refractivity (Wildman–Crippen MR) is 81.8 cm³/mol. The number of carboxylic acids is 1. The molecule has 116 valence electrons. The van der Waals surface area contributed by atoms with Gasteiger partial charge in [0.25, 0.3) is 5.91 Å². The molecule has 1 aromatic carbocycles. The van der Waals surface area contributed by atoms with Gasteiger partial charge in [0, 0.05) is 12.1 Å². The molecule has 0 aliphatic carbocycles. The number of benzene rings is 1. The highest BCUT2D eigenvalue weighted by Crippen LogP contribution is 2.12. The molecule has 0 radical (unpaired) electrons. The summed E-state index contributed by atoms with van der Waals surface area (Å²) in [4.78, 5) is 23.3. The predicted octanol–water partition coefficient (Wildman–Crippen LogP) is 2.57. The first-order valence-electron chi connectivity index (χ1n) is 7.08. The molecule has 0 saturated heterocycles. The number of aryl methyl sites for hydroxylation is 2. The zero-order valence-corrected chi connectivity index (χ0v) is 12.6. The van der Waals surface area contributed by atoms with Crippen LogP contribution < -0.4 is 5.32 Å². The lowest BCUT2D eigenvalue weighted by Gasteiger charge is -2.13. The lowest BCUT2D eigenvalue weighted by Crippen LogP contribution is -2.34. The van der Waals surface area contributed by atoms with Crippen LogP contribution in [0.3, 0.4) is 0 Å². The quantitative estimate of drug-likeness (QED) is 0.859. The second-order valence-electron chi connectivity index (χ2n) is 5.37. The molecule has 5 nitrogen and oxygen atoms in total. The van der Waals surface area contributed by atoms with Crippen molar-refractivity contribution >= 4 is 11.9 Å². The SMILES string of the molecule is Cc1cccc(C[C@H](CNC(=O)c2occc2C)C(=O)O)c1. The first-order chi connectivity index (χ1) is 10.5. The van der Waals surface area contributed by atoms with E-state index in [2.05, 4.69) is 5.32 Å². The molecule has 0 bridgehead atoms. The summed E-state index contributed by atoms with van der Waals surface area (Å²) < 4.78 is 5.09. The van der Waals surface area contributed by atoms with Gasteiger partial charge in [0.1, 0.15) is 0 Å². The third kappa shape index (κ3) is 3.97. The van der Waals surface area contributed by atoms with E-state index in [9.17, 15) is 14.7 Å². The van der Waals surface area contributed by atoms with Crippen molar-refractivity contribution in [3.63, 3.8) is 0 Å². The highest BCUT2D eigenvalue weighted by Gasteiger charge is 2.21. The van der Waals surface area contributed by atoms with Crippen LogP contribution in [-0.2, 0) is 11.2 Å². The number of nitrogens with one attached hydrogen (secondary N) is 1. The van der Waals surface area contributed by atoms with E-state index in [0.717, 1.165) is 16.7 Å². The van der Waals surface area contributed by atoms with Gasteiger partial charge in [-0.05, 0) is 31.9 Å². The minimum Gasteiger partial charge on any atom is -0.481 e. The average Bonchev–Trinajstić information content (AvgIpc) is 2.89. The topological polar surface area (TPSA) is 79.5 Å². The summed E-state index contributed by atoms with van der Waals surface area (Å²) in [5.41, 5.74) is 2.75. The van der Waals surface area contributed by atoms with Crippen molar-refractivity contribution in [2.45, 2.75) is 20.3 Å². The average molecular weight is 301 g/mol. The molecule has 2 N–H and O–H groups in total. The van der Waals surface area contributed by atoms with E-state index in [4.69, 9.17) is 4.42 Å². The van der Waals surface area contributed by atoms with Crippen LogP contribution in [0.4, 0.5) is 0 Å². The molecule has 5 heteroatoms. The number of hydrogen-bond donors (Lipinski definition) is 2. The van der Waals surface area contributed by atoms with Crippen molar-refractivity contribution in [2.75, 3.05) is 6.54 Å². The normalized spacial score (nSPS) is 11.9. The number of hydrogen-bond acceptors (Lipinski definition) is 3. The number of rotatable bonds is 6. The second kappa shape index (κ2) is 6.93. The molecule has 1 atom stereocenters. The molecule has 1 aromatic heterocycles. The van der Waals surface area contributed by atoms with E-state index in [-0.39, 0.29) is 12.3 Å². The molecule has 1 heterocycles. The monoisotopic (exact) mass is 301 g/mol. The smallest absolute Gasteiger partial charge is 0.308 e. The standard InChI is InChI=1S/C17H19NO4/c1-11-4-3-5-13(8-11)9-14(17(20)21)10-18-16(19)15-12(2)6-7-22-15/h3-8,14H,9-10H2,1-2H3,(H,18,19)(H,20,21)/t14-/m1/s1. The molecule has 1 amide bonds. The Kier molecular flexibility index (Phi) is 4.99. The Morgan fingerprint density at radius 2 is 2.05 bits per heavy atom. The fourth-order valence-electron chi connectivity index (χ4n) is 2.27. The number of carboxylic acid groups (broad SMARTS) is 1. The minimum absolute atomic E-state index is 0.0578. The van der Waals surface area contributed by atoms with E-state index >= 15 is 0 Å². The first-order valence-corrected chi connectivity index (χ1v) is 7.08. The molecule has 2 aromatic rings. The maximum absolute atomic E-state index is 12.0. The highest BCUT2D eigenvalue weighted by molar-refractivity contribution is 5.93. The lowest BCUT2D eigenvalue weighted by molar-refractivity contribution is -0.141. The molecule has 0 saturated carbocycles. The van der Waals surface area contributed by atoms with Crippen molar-refractivity contribution in [1.82, 2.24) is 5.32 Å². The third-order valence-corrected chi connectivity index (χ3v) is 3.49. The fraction of sp³-hybridized carbons (Fsp3) is 0.294. The summed E-state index contributed by atoms with van der Waals surface area (Å²) in [7, 11) is 0. The van der Waals surface area contributed by atoms with Crippen LogP contribution in [-0.4, -0.2) is 23.5 Å². The Morgan fingerprint density at radius 3 is 2.64 bits per heavy atom. The summed E-state index contributed by atoms with van der Waals surface area (Å²) in [6.45, 7) is 3.78. The van der Waals surface area contributed by atoms with Crippen LogP contribution in [0.25, 0.3) is 0 Å². The van der Waals surface area contributed by atoms with Crippen LogP contribution in [0.15, 0.2) is 41.0 Å². The fourth-order valence-corrected chi connectivity index (χ4v) is 2.27. The second-order valence-corrected chi connectivity index (χ2v) is 5.37. The zero-order valence-electron chi connectivity index (χ0n) is 12.6. The Hall–Kier alpha value is -2.56. The molecular weight excluding hydrogens is 282 g/mol. The zero-order chi connectivity index (χ0) is 16.1. The van der Waals surface area contributed by atoms with E-state index in [1.54, 1.807) is 13.0 Å². The number of carbonyl (C=O) groups excluding carboxylic acids is 1. The van der Waals surface area contributed by atoms with Crippen LogP contribution >= 0.6 is 0 Å². The van der Waals surface area contributed by atoms with Gasteiger partial charge in [-0.3, -0.25) is 9.59 Å². The van der Waals surface area contributed by atoms with Crippen molar-refractivity contribution in [3.05, 3.63) is 59.0 Å². The van der Waals surface area contributed by atoms with Crippen LogP contribution in [0.1, 0.15) is 27.2 Å². The van der Waals surface area contributed by atoms with Gasteiger partial charge in [-0.2, -0.15) is 0 Å². The van der Waals surface area contributed by atoms with Crippen molar-refractivity contribution in [2.24, 2.45) is 5.92 Å². The molecular formula is C17H19NO4. The van der Waals surface area contributed by atoms with Gasteiger partial charge in [0.15, 0.2) is 5.76 Å². The highest BCUT2D eigenvalue weighted by atomic mass is 16.4. The van der Waals surface area contributed by atoms with Crippen molar-refractivity contribution < 1.29 is 19.1 Å². The number of amides is 1. The number of carbonyl (C=O) groups is 2. The summed E-state index contributed by atoms with van der Waals surface area (Å²) in [6, 6.07) is 9.39. The van der Waals surface area contributed by atoms with Crippen LogP contribution in [0, 0.1) is 19.8 Å². The van der Waals surface area contributed by atoms with Gasteiger partial charge in [-0.15, -0.1) is 0 Å². The largest absolute Gasteiger partial charge is 0.481 e. The van der Waals surface area contributed by atoms with E-state index in [0.29, 0.717) is 6.42 Å². The van der Waals surface area contributed by atoms with Gasteiger partial charge in [-0.25, -0.2) is 0 Å². The van der Waals surface area contributed by atoms with Gasteiger partial charge in [0.2, 0.25) is 0 Å². The third-order valence-electron chi connectivity index (χ3n) is 3.49. The van der Waals surface area contributed by atoms with E-state index in [1.165, 1.54) is 6.26 Å². The van der Waals surface area contributed by atoms with Gasteiger partial charge >= 0.3 is 5.97 Å². The summed E-state index contributed by atoms with van der Waals surface area (Å²) in [5, 5.41) is 12.0. The summed E-state index contributed by atoms with van der Waals surface area (Å²) >= 11 is 0. The summed E-state index contributed by atoms with van der Waals surface area (Å²) in [5.74, 6) is -1.78. The minimum atomic E-state index is -0.932. The lowest BCUT2D eigenvalue weighted by atomic mass is 9.98. The Balaban J connectivity index is 1.99. The number of furan rings is 1. The molecule has 2 rings (SSSR count). The first kappa shape index (κ1) is 15.8. The molecule has 22 heavy (non-hydrogen) atoms. The van der Waals surface area contributed by atoms with Crippen molar-refractivity contribution in [1.29, 1.82) is 0 Å². The Labute approximate surface area is 129 Å². The summed E-state index contributed by atoms with van der Waals surface area (Å²) in [6.07, 6.45) is 1.81. The van der Waals surface area contributed by atoms with Gasteiger partial charge < -0.3 is 14.8 Å². The Bertz CT molecular complexity index is 675. The molecule has 0 aliphatic rings. The van der Waals surface area contributed by atoms with Crippen LogP contribution in [0.2, 0.25) is 0 Å². The van der Waals surface area contributed by atoms with Gasteiger partial charge in [0.05, 0.1) is 12.2 Å². The van der Waals surface area contributed by atoms with Crippen molar-refractivity contribution in [3.8, 4) is 0 Å². The van der Waals surface area contributed by atoms with Crippen LogP contribution in [0.5, 0.6) is 0 Å². The van der Waals surface area contributed by atoms with Gasteiger partial charge in [-0.1, -0.05) is 29.8 Å². The Morgan fingerprint density at radius 1 is 1.27 bits per heavy atom. The molecule has 0 fully saturated rings. The molecule has 0 unspecified atom stereocenters. The molecule has 0 aliphatic heterocycles.